The van der Waals surface area contributed by atoms with Crippen LogP contribution in [0.25, 0.3) is 11.1 Å². The molecule has 1 saturated heterocycles. The predicted molar refractivity (Wildman–Crippen MR) is 90.4 cm³/mol. The van der Waals surface area contributed by atoms with Gasteiger partial charge in [-0.05, 0) is 18.2 Å². The van der Waals surface area contributed by atoms with Crippen LogP contribution in [0.2, 0.25) is 0 Å². The Morgan fingerprint density at radius 2 is 2.15 bits per heavy atom. The minimum Gasteiger partial charge on any atom is -0.471 e. The van der Waals surface area contributed by atoms with Gasteiger partial charge in [-0.15, -0.1) is 0 Å². The number of rotatable bonds is 4. The molecule has 0 radical (unpaired) electrons. The molecule has 0 bridgehead atoms. The molecule has 4 rings (SSSR count). The van der Waals surface area contributed by atoms with Crippen LogP contribution in [0, 0.1) is 11.3 Å². The normalized spacial score (nSPS) is 14.0. The lowest BCUT2D eigenvalue weighted by molar-refractivity contribution is -0.140. The zero-order chi connectivity index (χ0) is 18.1. The van der Waals surface area contributed by atoms with Gasteiger partial charge in [0.1, 0.15) is 12.6 Å². The van der Waals surface area contributed by atoms with Crippen LogP contribution in [-0.2, 0) is 11.3 Å². The number of nitriles is 1. The lowest BCUT2D eigenvalue weighted by Crippen LogP contribution is -2.57. The van der Waals surface area contributed by atoms with Gasteiger partial charge in [0.25, 0.3) is 0 Å². The monoisotopic (exact) mass is 350 g/mol. The zero-order valence-electron chi connectivity index (χ0n) is 13.7. The first kappa shape index (κ1) is 15.9. The van der Waals surface area contributed by atoms with Crippen molar-refractivity contribution in [1.29, 1.82) is 5.26 Å². The molecular formula is C18H14N4O4. The van der Waals surface area contributed by atoms with E-state index in [2.05, 4.69) is 4.98 Å². The molecule has 0 unspecified atom stereocenters. The summed E-state index contributed by atoms with van der Waals surface area (Å²) in [6.45, 7) is 0.731. The van der Waals surface area contributed by atoms with Crippen LogP contribution in [0.1, 0.15) is 5.56 Å². The number of carbonyl (C=O) groups is 1. The van der Waals surface area contributed by atoms with E-state index in [1.807, 2.05) is 6.07 Å². The summed E-state index contributed by atoms with van der Waals surface area (Å²) in [6.07, 6.45) is 1.32. The van der Waals surface area contributed by atoms with E-state index in [0.29, 0.717) is 35.6 Å². The Bertz CT molecular complexity index is 1070. The van der Waals surface area contributed by atoms with Crippen molar-refractivity contribution >= 4 is 17.0 Å². The second kappa shape index (κ2) is 6.37. The van der Waals surface area contributed by atoms with Crippen LogP contribution in [-0.4, -0.2) is 39.6 Å². The fourth-order valence-corrected chi connectivity index (χ4v) is 2.83. The van der Waals surface area contributed by atoms with Crippen LogP contribution >= 0.6 is 0 Å². The van der Waals surface area contributed by atoms with Crippen molar-refractivity contribution in [3.05, 3.63) is 58.7 Å². The standard InChI is InChI=1S/C18H14N4O4/c19-8-12-5-6-20-16(7-12)25-13-9-21(10-13)17(23)11-22-14-3-1-2-4-15(14)26-18(22)24/h1-7,13H,9-11H2. The van der Waals surface area contributed by atoms with Crippen LogP contribution < -0.4 is 10.5 Å². The second-order valence-corrected chi connectivity index (χ2v) is 5.95. The Kier molecular flexibility index (Phi) is 3.89. The lowest BCUT2D eigenvalue weighted by Gasteiger charge is -2.38. The maximum absolute atomic E-state index is 12.4. The molecule has 2 aromatic heterocycles. The van der Waals surface area contributed by atoms with E-state index in [4.69, 9.17) is 14.4 Å². The highest BCUT2D eigenvalue weighted by molar-refractivity contribution is 5.80. The molecule has 0 atom stereocenters. The van der Waals surface area contributed by atoms with Crippen molar-refractivity contribution in [1.82, 2.24) is 14.5 Å². The minimum absolute atomic E-state index is 0.0786. The van der Waals surface area contributed by atoms with Gasteiger partial charge in [-0.25, -0.2) is 9.78 Å². The van der Waals surface area contributed by atoms with E-state index in [1.165, 1.54) is 10.8 Å². The molecule has 8 nitrogen and oxygen atoms in total. The summed E-state index contributed by atoms with van der Waals surface area (Å²) in [5.74, 6) is -0.374. The molecule has 3 heterocycles. The van der Waals surface area contributed by atoms with E-state index < -0.39 is 5.76 Å². The molecule has 1 fully saturated rings. The summed E-state index contributed by atoms with van der Waals surface area (Å²) in [4.78, 5) is 30.0. The number of pyridine rings is 1. The summed E-state index contributed by atoms with van der Waals surface area (Å²) in [5.41, 5.74) is 1.52. The average Bonchev–Trinajstić information content (AvgIpc) is 2.93. The molecular weight excluding hydrogens is 336 g/mol. The summed E-state index contributed by atoms with van der Waals surface area (Å²) in [5, 5.41) is 8.88. The van der Waals surface area contributed by atoms with E-state index in [9.17, 15) is 9.59 Å². The van der Waals surface area contributed by atoms with E-state index in [-0.39, 0.29) is 18.6 Å². The summed E-state index contributed by atoms with van der Waals surface area (Å²) < 4.78 is 12.1. The topological polar surface area (TPSA) is 101 Å². The van der Waals surface area contributed by atoms with Crippen LogP contribution in [0.15, 0.2) is 51.8 Å². The van der Waals surface area contributed by atoms with Gasteiger partial charge < -0.3 is 14.1 Å². The predicted octanol–water partition coefficient (Wildman–Crippen LogP) is 1.15. The van der Waals surface area contributed by atoms with Crippen molar-refractivity contribution in [3.63, 3.8) is 0 Å². The van der Waals surface area contributed by atoms with Crippen molar-refractivity contribution in [2.45, 2.75) is 12.6 Å². The number of likely N-dealkylation sites (tertiary alicyclic amines) is 1. The number of para-hydroxylation sites is 2. The minimum atomic E-state index is -0.551. The van der Waals surface area contributed by atoms with Gasteiger partial charge in [-0.1, -0.05) is 12.1 Å². The highest BCUT2D eigenvalue weighted by atomic mass is 16.5. The van der Waals surface area contributed by atoms with Crippen LogP contribution in [0.4, 0.5) is 0 Å². The molecule has 3 aromatic rings. The molecule has 130 valence electrons. The first-order valence-corrected chi connectivity index (χ1v) is 8.03. The number of ether oxygens (including phenoxy) is 1. The van der Waals surface area contributed by atoms with Gasteiger partial charge in [0.05, 0.1) is 30.2 Å². The summed E-state index contributed by atoms with van der Waals surface area (Å²) >= 11 is 0. The Labute approximate surface area is 147 Å². The molecule has 1 aliphatic heterocycles. The van der Waals surface area contributed by atoms with Crippen molar-refractivity contribution < 1.29 is 13.9 Å². The first-order valence-electron chi connectivity index (χ1n) is 8.03. The molecule has 1 aliphatic rings. The van der Waals surface area contributed by atoms with Crippen LogP contribution in [0.3, 0.4) is 0 Å². The highest BCUT2D eigenvalue weighted by Crippen LogP contribution is 2.18. The zero-order valence-corrected chi connectivity index (χ0v) is 13.7. The number of carbonyl (C=O) groups excluding carboxylic acids is 1. The fourth-order valence-electron chi connectivity index (χ4n) is 2.83. The Morgan fingerprint density at radius 3 is 2.96 bits per heavy atom. The van der Waals surface area contributed by atoms with E-state index in [0.717, 1.165) is 0 Å². The largest absolute Gasteiger partial charge is 0.471 e. The van der Waals surface area contributed by atoms with Gasteiger partial charge in [-0.3, -0.25) is 9.36 Å². The fraction of sp³-hybridized carbons (Fsp3) is 0.222. The molecule has 0 spiro atoms. The average molecular weight is 350 g/mol. The van der Waals surface area contributed by atoms with Gasteiger partial charge in [-0.2, -0.15) is 5.26 Å². The first-order chi connectivity index (χ1) is 12.6. The Hall–Kier alpha value is -3.60. The molecule has 1 aromatic carbocycles. The molecule has 0 aliphatic carbocycles. The number of benzene rings is 1. The van der Waals surface area contributed by atoms with Crippen LogP contribution in [0.5, 0.6) is 5.88 Å². The molecule has 0 saturated carbocycles. The number of amides is 1. The maximum atomic E-state index is 12.4. The third kappa shape index (κ3) is 2.91. The lowest BCUT2D eigenvalue weighted by atomic mass is 10.1. The van der Waals surface area contributed by atoms with Crippen molar-refractivity contribution in [2.75, 3.05) is 13.1 Å². The smallest absolute Gasteiger partial charge is 0.420 e. The number of fused-ring (bicyclic) bond motifs is 1. The van der Waals surface area contributed by atoms with Gasteiger partial charge in [0.15, 0.2) is 5.58 Å². The second-order valence-electron chi connectivity index (χ2n) is 5.95. The Morgan fingerprint density at radius 1 is 1.35 bits per heavy atom. The third-order valence-corrected chi connectivity index (χ3v) is 4.22. The van der Waals surface area contributed by atoms with E-state index >= 15 is 0 Å². The number of hydrogen-bond donors (Lipinski definition) is 0. The quantitative estimate of drug-likeness (QED) is 0.699. The summed E-state index contributed by atoms with van der Waals surface area (Å²) in [7, 11) is 0. The molecule has 26 heavy (non-hydrogen) atoms. The number of aromatic nitrogens is 2. The van der Waals surface area contributed by atoms with E-state index in [1.54, 1.807) is 41.3 Å². The molecule has 1 amide bonds. The number of nitrogens with zero attached hydrogens (tertiary/aromatic N) is 4. The number of hydrogen-bond acceptors (Lipinski definition) is 6. The molecule has 8 heteroatoms. The Balaban J connectivity index is 1.38. The van der Waals surface area contributed by atoms with Gasteiger partial charge >= 0.3 is 5.76 Å². The maximum Gasteiger partial charge on any atom is 0.420 e. The SMILES string of the molecule is N#Cc1ccnc(OC2CN(C(=O)Cn3c(=O)oc4ccccc43)C2)c1. The van der Waals surface area contributed by atoms with Crippen molar-refractivity contribution in [3.8, 4) is 11.9 Å². The van der Waals surface area contributed by atoms with Gasteiger partial charge in [0.2, 0.25) is 11.8 Å². The number of oxazole rings is 1. The van der Waals surface area contributed by atoms with Crippen molar-refractivity contribution in [2.24, 2.45) is 0 Å². The highest BCUT2D eigenvalue weighted by Gasteiger charge is 2.33. The third-order valence-electron chi connectivity index (χ3n) is 4.22. The molecule has 0 N–H and O–H groups in total. The summed E-state index contributed by atoms with van der Waals surface area (Å²) in [6, 6.07) is 12.2. The van der Waals surface area contributed by atoms with Gasteiger partial charge in [0, 0.05) is 12.3 Å².